The largest absolute Gasteiger partial charge is 0.416 e. The summed E-state index contributed by atoms with van der Waals surface area (Å²) in [5.74, 6) is 0. The molecule has 1 unspecified atom stereocenters. The molecule has 88 valence electrons. The van der Waals surface area contributed by atoms with Crippen molar-refractivity contribution in [2.24, 2.45) is 0 Å². The number of epoxide rings is 1. The van der Waals surface area contributed by atoms with Crippen LogP contribution in [0.5, 0.6) is 0 Å². The van der Waals surface area contributed by atoms with Gasteiger partial charge in [-0.1, -0.05) is 6.07 Å². The van der Waals surface area contributed by atoms with E-state index in [9.17, 15) is 13.2 Å². The van der Waals surface area contributed by atoms with Gasteiger partial charge in [0.15, 0.2) is 0 Å². The molecule has 0 amide bonds. The number of rotatable bonds is 1. The maximum Gasteiger partial charge on any atom is 0.416 e. The van der Waals surface area contributed by atoms with Crippen LogP contribution >= 0.6 is 0 Å². The lowest BCUT2D eigenvalue weighted by molar-refractivity contribution is -0.137. The first kappa shape index (κ1) is 10.5. The molecule has 0 radical (unpaired) electrons. The Bertz CT molecular complexity index is 575. The van der Waals surface area contributed by atoms with Crippen LogP contribution in [0.1, 0.15) is 17.2 Å². The third kappa shape index (κ3) is 1.86. The van der Waals surface area contributed by atoms with E-state index in [2.05, 4.69) is 4.98 Å². The third-order valence-electron chi connectivity index (χ3n) is 2.78. The predicted octanol–water partition coefficient (Wildman–Crippen LogP) is 3.32. The summed E-state index contributed by atoms with van der Waals surface area (Å²) in [5, 5.41) is 0.725. The van der Waals surface area contributed by atoms with Gasteiger partial charge in [0.1, 0.15) is 6.10 Å². The topological polar surface area (TPSA) is 25.4 Å². The van der Waals surface area contributed by atoms with Crippen molar-refractivity contribution in [3.8, 4) is 0 Å². The van der Waals surface area contributed by atoms with Gasteiger partial charge in [0, 0.05) is 11.6 Å². The molecule has 1 atom stereocenters. The lowest BCUT2D eigenvalue weighted by atomic mass is 10.0. The Balaban J connectivity index is 2.18. The summed E-state index contributed by atoms with van der Waals surface area (Å²) in [7, 11) is 0. The number of pyridine rings is 1. The number of fused-ring (bicyclic) bond motifs is 1. The van der Waals surface area contributed by atoms with E-state index >= 15 is 0 Å². The molecule has 2 nitrogen and oxygen atoms in total. The molecule has 0 bridgehead atoms. The smallest absolute Gasteiger partial charge is 0.368 e. The van der Waals surface area contributed by atoms with Crippen LogP contribution in [0.15, 0.2) is 30.5 Å². The Morgan fingerprint density at radius 3 is 2.65 bits per heavy atom. The Hall–Kier alpha value is -1.62. The molecule has 1 aromatic carbocycles. The second-order valence-electron chi connectivity index (χ2n) is 3.95. The number of halogens is 3. The number of alkyl halides is 3. The van der Waals surface area contributed by atoms with Crippen LogP contribution in [-0.4, -0.2) is 11.6 Å². The molecule has 0 saturated carbocycles. The highest BCUT2D eigenvalue weighted by atomic mass is 19.4. The highest BCUT2D eigenvalue weighted by Crippen LogP contribution is 2.36. The van der Waals surface area contributed by atoms with E-state index in [0.717, 1.165) is 23.1 Å². The highest BCUT2D eigenvalue weighted by Gasteiger charge is 2.31. The van der Waals surface area contributed by atoms with Crippen LogP contribution < -0.4 is 0 Å². The van der Waals surface area contributed by atoms with Gasteiger partial charge < -0.3 is 4.74 Å². The van der Waals surface area contributed by atoms with Gasteiger partial charge >= 0.3 is 6.18 Å². The molecule has 2 heterocycles. The molecule has 1 aliphatic rings. The molecule has 1 fully saturated rings. The predicted molar refractivity (Wildman–Crippen MR) is 55.4 cm³/mol. The molecule has 0 spiro atoms. The summed E-state index contributed by atoms with van der Waals surface area (Å²) < 4.78 is 42.8. The molecule has 1 aromatic heterocycles. The van der Waals surface area contributed by atoms with E-state index in [1.54, 1.807) is 6.07 Å². The van der Waals surface area contributed by atoms with Gasteiger partial charge in [0.25, 0.3) is 0 Å². The van der Waals surface area contributed by atoms with Crippen LogP contribution in [0.25, 0.3) is 10.9 Å². The lowest BCUT2D eigenvalue weighted by Crippen LogP contribution is -2.04. The summed E-state index contributed by atoms with van der Waals surface area (Å²) in [6, 6.07) is 5.40. The summed E-state index contributed by atoms with van der Waals surface area (Å²) in [6.45, 7) is 0.625. The number of benzene rings is 1. The molecule has 5 heteroatoms. The van der Waals surface area contributed by atoms with E-state index in [0.29, 0.717) is 12.1 Å². The van der Waals surface area contributed by atoms with Crippen molar-refractivity contribution in [2.45, 2.75) is 12.3 Å². The second kappa shape index (κ2) is 3.43. The molecular formula is C12H8F3NO. The number of ether oxygens (including phenoxy) is 1. The molecule has 1 aliphatic heterocycles. The van der Waals surface area contributed by atoms with Gasteiger partial charge in [0.05, 0.1) is 17.7 Å². The molecular weight excluding hydrogens is 231 g/mol. The quantitative estimate of drug-likeness (QED) is 0.713. The van der Waals surface area contributed by atoms with Gasteiger partial charge in [0.2, 0.25) is 0 Å². The van der Waals surface area contributed by atoms with Crippen LogP contribution in [0.4, 0.5) is 13.2 Å². The SMILES string of the molecule is FC(F)(F)c1ccc2c(C3CO3)ccnc2c1. The number of hydrogen-bond donors (Lipinski definition) is 0. The summed E-state index contributed by atoms with van der Waals surface area (Å²) in [5.41, 5.74) is 0.586. The first-order chi connectivity index (χ1) is 8.05. The van der Waals surface area contributed by atoms with Gasteiger partial charge in [-0.15, -0.1) is 0 Å². The monoisotopic (exact) mass is 239 g/mol. The number of nitrogens with zero attached hydrogens (tertiary/aromatic N) is 1. The first-order valence-electron chi connectivity index (χ1n) is 5.13. The summed E-state index contributed by atoms with van der Waals surface area (Å²) >= 11 is 0. The van der Waals surface area contributed by atoms with E-state index in [-0.39, 0.29) is 6.10 Å². The molecule has 0 aliphatic carbocycles. The van der Waals surface area contributed by atoms with Crippen molar-refractivity contribution in [3.63, 3.8) is 0 Å². The van der Waals surface area contributed by atoms with E-state index in [4.69, 9.17) is 4.74 Å². The number of hydrogen-bond acceptors (Lipinski definition) is 2. The van der Waals surface area contributed by atoms with Crippen molar-refractivity contribution < 1.29 is 17.9 Å². The Morgan fingerprint density at radius 2 is 2.00 bits per heavy atom. The van der Waals surface area contributed by atoms with Gasteiger partial charge in [-0.05, 0) is 23.8 Å². The van der Waals surface area contributed by atoms with E-state index in [1.807, 2.05) is 0 Å². The average molecular weight is 239 g/mol. The molecule has 0 N–H and O–H groups in total. The average Bonchev–Trinajstić information content (AvgIpc) is 3.10. The minimum Gasteiger partial charge on any atom is -0.368 e. The van der Waals surface area contributed by atoms with E-state index < -0.39 is 11.7 Å². The van der Waals surface area contributed by atoms with Crippen molar-refractivity contribution >= 4 is 10.9 Å². The zero-order valence-electron chi connectivity index (χ0n) is 8.66. The summed E-state index contributed by atoms with van der Waals surface area (Å²) in [4.78, 5) is 3.97. The normalized spacial score (nSPS) is 19.6. The van der Waals surface area contributed by atoms with Crippen LogP contribution in [-0.2, 0) is 10.9 Å². The molecule has 1 saturated heterocycles. The fourth-order valence-corrected chi connectivity index (χ4v) is 1.85. The van der Waals surface area contributed by atoms with Gasteiger partial charge in [-0.25, -0.2) is 0 Å². The van der Waals surface area contributed by atoms with Crippen molar-refractivity contribution in [2.75, 3.05) is 6.61 Å². The van der Waals surface area contributed by atoms with Crippen LogP contribution in [0.3, 0.4) is 0 Å². The van der Waals surface area contributed by atoms with Crippen molar-refractivity contribution in [1.29, 1.82) is 0 Å². The van der Waals surface area contributed by atoms with Gasteiger partial charge in [-0.3, -0.25) is 4.98 Å². The zero-order chi connectivity index (χ0) is 12.0. The second-order valence-corrected chi connectivity index (χ2v) is 3.95. The fraction of sp³-hybridized carbons (Fsp3) is 0.250. The molecule has 2 aromatic rings. The van der Waals surface area contributed by atoms with Gasteiger partial charge in [-0.2, -0.15) is 13.2 Å². The van der Waals surface area contributed by atoms with Crippen LogP contribution in [0, 0.1) is 0 Å². The lowest BCUT2D eigenvalue weighted by Gasteiger charge is -2.08. The van der Waals surface area contributed by atoms with Crippen molar-refractivity contribution in [3.05, 3.63) is 41.6 Å². The molecule has 3 rings (SSSR count). The summed E-state index contributed by atoms with van der Waals surface area (Å²) in [6.07, 6.45) is -2.81. The standard InChI is InChI=1S/C12H8F3NO/c13-12(14,15)7-1-2-8-9(11-6-17-11)3-4-16-10(8)5-7/h1-5,11H,6H2. The first-order valence-corrected chi connectivity index (χ1v) is 5.13. The van der Waals surface area contributed by atoms with Crippen molar-refractivity contribution in [1.82, 2.24) is 4.98 Å². The Labute approximate surface area is 95.0 Å². The zero-order valence-corrected chi connectivity index (χ0v) is 8.66. The number of aromatic nitrogens is 1. The Kier molecular flexibility index (Phi) is 2.13. The maximum absolute atomic E-state index is 12.5. The highest BCUT2D eigenvalue weighted by molar-refractivity contribution is 5.83. The fourth-order valence-electron chi connectivity index (χ4n) is 1.85. The maximum atomic E-state index is 12.5. The molecule has 17 heavy (non-hydrogen) atoms. The van der Waals surface area contributed by atoms with Crippen LogP contribution in [0.2, 0.25) is 0 Å². The van der Waals surface area contributed by atoms with E-state index in [1.165, 1.54) is 12.3 Å². The Morgan fingerprint density at radius 1 is 1.24 bits per heavy atom. The minimum atomic E-state index is -4.33. The minimum absolute atomic E-state index is 0.0113. The third-order valence-corrected chi connectivity index (χ3v) is 2.78.